The van der Waals surface area contributed by atoms with E-state index in [1.165, 1.54) is 4.31 Å². The Labute approximate surface area is 133 Å². The summed E-state index contributed by atoms with van der Waals surface area (Å²) in [7, 11) is -1.69. The number of aryl methyl sites for hydroxylation is 1. The lowest BCUT2D eigenvalue weighted by Gasteiger charge is -2.20. The van der Waals surface area contributed by atoms with Crippen LogP contribution in [0.25, 0.3) is 0 Å². The monoisotopic (exact) mass is 332 g/mol. The molecule has 0 radical (unpaired) electrons. The molecule has 0 fully saturated rings. The van der Waals surface area contributed by atoms with E-state index in [0.29, 0.717) is 17.4 Å². The van der Waals surface area contributed by atoms with E-state index < -0.39 is 10.0 Å². The molecule has 1 aromatic heterocycles. The second-order valence-corrected chi connectivity index (χ2v) is 8.96. The summed E-state index contributed by atoms with van der Waals surface area (Å²) in [6.45, 7) is 10.4. The van der Waals surface area contributed by atoms with Crippen LogP contribution >= 0.6 is 11.3 Å². The quantitative estimate of drug-likeness (QED) is 0.706. The molecular weight excluding hydrogens is 304 g/mol. The zero-order valence-electron chi connectivity index (χ0n) is 13.8. The number of sulfonamides is 1. The van der Waals surface area contributed by atoms with E-state index in [-0.39, 0.29) is 0 Å². The highest BCUT2D eigenvalue weighted by molar-refractivity contribution is 7.89. The van der Waals surface area contributed by atoms with Gasteiger partial charge in [0.2, 0.25) is 10.0 Å². The first-order valence-electron chi connectivity index (χ1n) is 7.59. The molecule has 1 aromatic rings. The number of nitrogens with zero attached hydrogens (tertiary/aromatic N) is 1. The summed E-state index contributed by atoms with van der Waals surface area (Å²) in [5, 5.41) is 3.32. The smallest absolute Gasteiger partial charge is 0.243 e. The molecule has 0 saturated carbocycles. The zero-order chi connectivity index (χ0) is 16.0. The van der Waals surface area contributed by atoms with Crippen LogP contribution in [0, 0.1) is 12.8 Å². The molecule has 0 bridgehead atoms. The van der Waals surface area contributed by atoms with Crippen LogP contribution in [-0.2, 0) is 16.6 Å². The van der Waals surface area contributed by atoms with Crippen molar-refractivity contribution in [2.75, 3.05) is 20.1 Å². The van der Waals surface area contributed by atoms with Gasteiger partial charge in [0.05, 0.1) is 4.90 Å². The van der Waals surface area contributed by atoms with Crippen molar-refractivity contribution in [3.05, 3.63) is 15.8 Å². The molecule has 4 nitrogen and oxygen atoms in total. The summed E-state index contributed by atoms with van der Waals surface area (Å²) in [6, 6.07) is 1.82. The molecule has 0 aliphatic heterocycles. The maximum Gasteiger partial charge on any atom is 0.243 e. The van der Waals surface area contributed by atoms with Crippen molar-refractivity contribution in [2.24, 2.45) is 5.92 Å². The van der Waals surface area contributed by atoms with Crippen LogP contribution < -0.4 is 5.32 Å². The zero-order valence-corrected chi connectivity index (χ0v) is 15.4. The molecule has 0 aromatic carbocycles. The molecule has 1 rings (SSSR count). The van der Waals surface area contributed by atoms with Crippen LogP contribution in [0.5, 0.6) is 0 Å². The van der Waals surface area contributed by atoms with E-state index in [1.807, 2.05) is 13.0 Å². The molecule has 0 spiro atoms. The molecule has 1 atom stereocenters. The Balaban J connectivity index is 2.87. The Morgan fingerprint density at radius 3 is 2.62 bits per heavy atom. The second kappa shape index (κ2) is 8.27. The number of thiophene rings is 1. The third-order valence-electron chi connectivity index (χ3n) is 3.60. The third-order valence-corrected chi connectivity index (χ3v) is 6.73. The Morgan fingerprint density at radius 1 is 1.38 bits per heavy atom. The molecule has 21 heavy (non-hydrogen) atoms. The predicted octanol–water partition coefficient (Wildman–Crippen LogP) is 3.22. The minimum absolute atomic E-state index is 0.370. The van der Waals surface area contributed by atoms with Gasteiger partial charge in [-0.1, -0.05) is 27.2 Å². The standard InChI is InChI=1S/C15H28N2O2S2/c1-6-8-16-10-14-9-15(13(4)20-14)21(18,19)17(5)11-12(3)7-2/h9,12,16H,6-8,10-11H2,1-5H3. The van der Waals surface area contributed by atoms with Gasteiger partial charge >= 0.3 is 0 Å². The Morgan fingerprint density at radius 2 is 2.05 bits per heavy atom. The van der Waals surface area contributed by atoms with Gasteiger partial charge in [-0.15, -0.1) is 11.3 Å². The van der Waals surface area contributed by atoms with Gasteiger partial charge in [0.15, 0.2) is 0 Å². The first-order chi connectivity index (χ1) is 9.82. The summed E-state index contributed by atoms with van der Waals surface area (Å²) >= 11 is 1.57. The van der Waals surface area contributed by atoms with Crippen LogP contribution in [-0.4, -0.2) is 32.9 Å². The van der Waals surface area contributed by atoms with Crippen LogP contribution in [0.1, 0.15) is 43.4 Å². The number of nitrogens with one attached hydrogen (secondary N) is 1. The molecule has 6 heteroatoms. The van der Waals surface area contributed by atoms with Gasteiger partial charge in [-0.05, 0) is 31.9 Å². The fourth-order valence-corrected chi connectivity index (χ4v) is 4.95. The molecule has 1 heterocycles. The van der Waals surface area contributed by atoms with Gasteiger partial charge in [-0.25, -0.2) is 12.7 Å². The molecule has 0 amide bonds. The fourth-order valence-electron chi connectivity index (χ4n) is 2.09. The lowest BCUT2D eigenvalue weighted by Crippen LogP contribution is -2.31. The molecule has 1 N–H and O–H groups in total. The number of hydrogen-bond acceptors (Lipinski definition) is 4. The fraction of sp³-hybridized carbons (Fsp3) is 0.733. The van der Waals surface area contributed by atoms with E-state index in [0.717, 1.165) is 35.7 Å². The molecule has 1 unspecified atom stereocenters. The van der Waals surface area contributed by atoms with Crippen molar-refractivity contribution in [1.29, 1.82) is 0 Å². The van der Waals surface area contributed by atoms with E-state index in [4.69, 9.17) is 0 Å². The van der Waals surface area contributed by atoms with Crippen LogP contribution in [0.4, 0.5) is 0 Å². The van der Waals surface area contributed by atoms with Gasteiger partial charge in [0.1, 0.15) is 0 Å². The molecule has 0 aliphatic carbocycles. The van der Waals surface area contributed by atoms with E-state index in [1.54, 1.807) is 18.4 Å². The largest absolute Gasteiger partial charge is 0.312 e. The predicted molar refractivity (Wildman–Crippen MR) is 90.3 cm³/mol. The van der Waals surface area contributed by atoms with E-state index in [9.17, 15) is 8.42 Å². The number of rotatable bonds is 9. The normalized spacial score (nSPS) is 13.8. The Hall–Kier alpha value is -0.430. The van der Waals surface area contributed by atoms with Gasteiger partial charge in [0, 0.05) is 29.9 Å². The lowest BCUT2D eigenvalue weighted by atomic mass is 10.1. The average molecular weight is 333 g/mol. The summed E-state index contributed by atoms with van der Waals surface area (Å²) in [6.07, 6.45) is 2.06. The first-order valence-corrected chi connectivity index (χ1v) is 9.84. The highest BCUT2D eigenvalue weighted by Gasteiger charge is 2.25. The molecule has 0 saturated heterocycles. The Bertz CT molecular complexity index is 538. The molecule has 0 aliphatic rings. The van der Waals surface area contributed by atoms with E-state index in [2.05, 4.69) is 26.1 Å². The van der Waals surface area contributed by atoms with Crippen molar-refractivity contribution in [3.63, 3.8) is 0 Å². The van der Waals surface area contributed by atoms with Gasteiger partial charge in [0.25, 0.3) is 0 Å². The maximum absolute atomic E-state index is 12.7. The van der Waals surface area contributed by atoms with Crippen LogP contribution in [0.2, 0.25) is 0 Å². The average Bonchev–Trinajstić information content (AvgIpc) is 2.80. The highest BCUT2D eigenvalue weighted by atomic mass is 32.2. The second-order valence-electron chi connectivity index (χ2n) is 5.61. The first kappa shape index (κ1) is 18.6. The minimum Gasteiger partial charge on any atom is -0.312 e. The van der Waals surface area contributed by atoms with Crippen LogP contribution in [0.15, 0.2) is 11.0 Å². The summed E-state index contributed by atoms with van der Waals surface area (Å²) in [4.78, 5) is 2.42. The summed E-state index contributed by atoms with van der Waals surface area (Å²) < 4.78 is 26.8. The molecular formula is C15H28N2O2S2. The lowest BCUT2D eigenvalue weighted by molar-refractivity contribution is 0.393. The van der Waals surface area contributed by atoms with Crippen molar-refractivity contribution in [2.45, 2.75) is 52.0 Å². The van der Waals surface area contributed by atoms with Crippen molar-refractivity contribution >= 4 is 21.4 Å². The Kier molecular flexibility index (Phi) is 7.33. The highest BCUT2D eigenvalue weighted by Crippen LogP contribution is 2.28. The van der Waals surface area contributed by atoms with Gasteiger partial charge in [-0.3, -0.25) is 0 Å². The summed E-state index contributed by atoms with van der Waals surface area (Å²) in [5.74, 6) is 0.370. The van der Waals surface area contributed by atoms with Gasteiger partial charge in [-0.2, -0.15) is 0 Å². The molecule has 122 valence electrons. The minimum atomic E-state index is -3.37. The topological polar surface area (TPSA) is 49.4 Å². The van der Waals surface area contributed by atoms with Crippen molar-refractivity contribution < 1.29 is 8.42 Å². The van der Waals surface area contributed by atoms with E-state index >= 15 is 0 Å². The SMILES string of the molecule is CCCNCc1cc(S(=O)(=O)N(C)CC(C)CC)c(C)s1. The maximum atomic E-state index is 12.7. The van der Waals surface area contributed by atoms with Crippen molar-refractivity contribution in [3.8, 4) is 0 Å². The summed E-state index contributed by atoms with van der Waals surface area (Å²) in [5.41, 5.74) is 0. The van der Waals surface area contributed by atoms with Gasteiger partial charge < -0.3 is 5.32 Å². The van der Waals surface area contributed by atoms with Crippen LogP contribution in [0.3, 0.4) is 0 Å². The van der Waals surface area contributed by atoms with Crippen molar-refractivity contribution in [1.82, 2.24) is 9.62 Å². The third kappa shape index (κ3) is 5.06. The number of hydrogen-bond donors (Lipinski definition) is 1.